The van der Waals surface area contributed by atoms with E-state index in [9.17, 15) is 4.79 Å². The lowest BCUT2D eigenvalue weighted by Crippen LogP contribution is -2.06. The van der Waals surface area contributed by atoms with Crippen molar-refractivity contribution in [1.82, 2.24) is 4.98 Å². The molecule has 0 fully saturated rings. The van der Waals surface area contributed by atoms with Crippen LogP contribution in [0.4, 0.5) is 0 Å². The highest BCUT2D eigenvalue weighted by atomic mass is 35.5. The molecule has 5 heteroatoms. The summed E-state index contributed by atoms with van der Waals surface area (Å²) in [5.41, 5.74) is 0.324. The molecule has 0 aliphatic rings. The zero-order valence-electron chi connectivity index (χ0n) is 8.62. The minimum atomic E-state index is -0.435. The molecule has 0 spiro atoms. The van der Waals surface area contributed by atoms with E-state index in [1.165, 1.54) is 12.3 Å². The Labute approximate surface area is 93.2 Å². The normalized spacial score (nSPS) is 9.80. The van der Waals surface area contributed by atoms with Crippen molar-refractivity contribution in [2.45, 2.75) is 13.8 Å². The summed E-state index contributed by atoms with van der Waals surface area (Å²) >= 11 is 5.86. The van der Waals surface area contributed by atoms with Crippen molar-refractivity contribution < 1.29 is 14.3 Å². The first-order valence-corrected chi connectivity index (χ1v) is 5.02. The molecule has 0 radical (unpaired) electrons. The maximum Gasteiger partial charge on any atom is 0.339 e. The van der Waals surface area contributed by atoms with Gasteiger partial charge in [-0.2, -0.15) is 0 Å². The summed E-state index contributed by atoms with van der Waals surface area (Å²) < 4.78 is 9.94. The molecule has 0 atom stereocenters. The topological polar surface area (TPSA) is 48.4 Å². The van der Waals surface area contributed by atoms with Crippen molar-refractivity contribution in [2.24, 2.45) is 0 Å². The lowest BCUT2D eigenvalue weighted by Gasteiger charge is -2.05. The largest absolute Gasteiger partial charge is 0.477 e. The van der Waals surface area contributed by atoms with Crippen LogP contribution in [0.5, 0.6) is 5.88 Å². The van der Waals surface area contributed by atoms with Crippen LogP contribution >= 0.6 is 11.6 Å². The molecule has 0 aliphatic heterocycles. The maximum atomic E-state index is 11.3. The van der Waals surface area contributed by atoms with Gasteiger partial charge in [-0.1, -0.05) is 11.6 Å². The summed E-state index contributed by atoms with van der Waals surface area (Å²) in [5.74, 6) is -0.109. The van der Waals surface area contributed by atoms with Gasteiger partial charge in [-0.25, -0.2) is 9.78 Å². The number of esters is 1. The van der Waals surface area contributed by atoms with Crippen molar-refractivity contribution in [1.29, 1.82) is 0 Å². The van der Waals surface area contributed by atoms with Gasteiger partial charge in [0.05, 0.1) is 18.8 Å². The van der Waals surface area contributed by atoms with Gasteiger partial charge in [-0.05, 0) is 19.9 Å². The lowest BCUT2D eigenvalue weighted by atomic mass is 10.3. The average Bonchev–Trinajstić information content (AvgIpc) is 2.21. The van der Waals surface area contributed by atoms with E-state index in [2.05, 4.69) is 4.98 Å². The number of nitrogens with zero attached hydrogens (tertiary/aromatic N) is 1. The first-order valence-electron chi connectivity index (χ1n) is 4.64. The van der Waals surface area contributed by atoms with Crippen LogP contribution < -0.4 is 4.74 Å². The zero-order chi connectivity index (χ0) is 11.3. The molecule has 0 saturated carbocycles. The summed E-state index contributed by atoms with van der Waals surface area (Å²) in [5, 5.41) is 0.308. The van der Waals surface area contributed by atoms with Gasteiger partial charge in [0.1, 0.15) is 5.02 Å². The third kappa shape index (κ3) is 3.09. The molecule has 0 aromatic carbocycles. The smallest absolute Gasteiger partial charge is 0.339 e. The quantitative estimate of drug-likeness (QED) is 0.744. The van der Waals surface area contributed by atoms with Crippen molar-refractivity contribution in [2.75, 3.05) is 13.2 Å². The van der Waals surface area contributed by atoms with Crippen LogP contribution in [-0.4, -0.2) is 24.2 Å². The zero-order valence-corrected chi connectivity index (χ0v) is 9.37. The SMILES string of the molecule is CCOC(=O)c1cnc(OCC)c(Cl)c1. The Morgan fingerprint density at radius 3 is 2.73 bits per heavy atom. The molecule has 1 aromatic rings. The second kappa shape index (κ2) is 5.56. The van der Waals surface area contributed by atoms with Gasteiger partial charge in [0.15, 0.2) is 0 Å². The molecule has 0 saturated heterocycles. The predicted octanol–water partition coefficient (Wildman–Crippen LogP) is 2.31. The fraction of sp³-hybridized carbons (Fsp3) is 0.400. The van der Waals surface area contributed by atoms with Crippen molar-refractivity contribution >= 4 is 17.6 Å². The molecule has 0 unspecified atom stereocenters. The van der Waals surface area contributed by atoms with Gasteiger partial charge in [-0.3, -0.25) is 0 Å². The summed E-state index contributed by atoms with van der Waals surface area (Å²) in [6, 6.07) is 1.48. The Hall–Kier alpha value is -1.29. The van der Waals surface area contributed by atoms with Crippen LogP contribution in [0.3, 0.4) is 0 Å². The van der Waals surface area contributed by atoms with E-state index in [1.807, 2.05) is 6.92 Å². The van der Waals surface area contributed by atoms with Gasteiger partial charge >= 0.3 is 5.97 Å². The highest BCUT2D eigenvalue weighted by Gasteiger charge is 2.10. The van der Waals surface area contributed by atoms with Crippen molar-refractivity contribution in [3.05, 3.63) is 22.8 Å². The number of ether oxygens (including phenoxy) is 2. The Balaban J connectivity index is 2.86. The Morgan fingerprint density at radius 2 is 2.20 bits per heavy atom. The van der Waals surface area contributed by atoms with Crippen LogP contribution in [0.25, 0.3) is 0 Å². The van der Waals surface area contributed by atoms with E-state index in [0.717, 1.165) is 0 Å². The van der Waals surface area contributed by atoms with E-state index in [0.29, 0.717) is 29.7 Å². The van der Waals surface area contributed by atoms with E-state index < -0.39 is 5.97 Å². The number of halogens is 1. The number of carbonyl (C=O) groups is 1. The first-order chi connectivity index (χ1) is 7.19. The number of rotatable bonds is 4. The van der Waals surface area contributed by atoms with Gasteiger partial charge in [0.2, 0.25) is 5.88 Å². The standard InChI is InChI=1S/C10H12ClNO3/c1-3-14-9-8(11)5-7(6-12-9)10(13)15-4-2/h5-6H,3-4H2,1-2H3. The lowest BCUT2D eigenvalue weighted by molar-refractivity contribution is 0.0526. The molecule has 0 N–H and O–H groups in total. The van der Waals surface area contributed by atoms with Crippen LogP contribution in [0.2, 0.25) is 5.02 Å². The van der Waals surface area contributed by atoms with Crippen LogP contribution in [0.15, 0.2) is 12.3 Å². The third-order valence-electron chi connectivity index (χ3n) is 1.60. The highest BCUT2D eigenvalue weighted by Crippen LogP contribution is 2.22. The van der Waals surface area contributed by atoms with Gasteiger partial charge < -0.3 is 9.47 Å². The van der Waals surface area contributed by atoms with Gasteiger partial charge in [0.25, 0.3) is 0 Å². The molecule has 0 amide bonds. The summed E-state index contributed by atoms with van der Waals surface area (Å²) in [6.07, 6.45) is 1.38. The molecule has 0 aliphatic carbocycles. The molecule has 4 nitrogen and oxygen atoms in total. The monoisotopic (exact) mass is 229 g/mol. The number of carbonyl (C=O) groups excluding carboxylic acids is 1. The Bertz CT molecular complexity index is 355. The number of pyridine rings is 1. The second-order valence-corrected chi connectivity index (χ2v) is 3.07. The summed E-state index contributed by atoms with van der Waals surface area (Å²) in [7, 11) is 0. The van der Waals surface area contributed by atoms with E-state index in [1.54, 1.807) is 6.92 Å². The molecular formula is C10H12ClNO3. The van der Waals surface area contributed by atoms with Crippen LogP contribution in [-0.2, 0) is 4.74 Å². The fourth-order valence-corrected chi connectivity index (χ4v) is 1.22. The number of aromatic nitrogens is 1. The Morgan fingerprint density at radius 1 is 1.47 bits per heavy atom. The fourth-order valence-electron chi connectivity index (χ4n) is 0.994. The second-order valence-electron chi connectivity index (χ2n) is 2.66. The van der Waals surface area contributed by atoms with Crippen LogP contribution in [0, 0.1) is 0 Å². The van der Waals surface area contributed by atoms with E-state index in [-0.39, 0.29) is 0 Å². The first kappa shape index (κ1) is 11.8. The minimum Gasteiger partial charge on any atom is -0.477 e. The van der Waals surface area contributed by atoms with Crippen molar-refractivity contribution in [3.63, 3.8) is 0 Å². The minimum absolute atomic E-state index is 0.308. The molecule has 0 bridgehead atoms. The predicted molar refractivity (Wildman–Crippen MR) is 56.4 cm³/mol. The molecule has 1 aromatic heterocycles. The van der Waals surface area contributed by atoms with Crippen LogP contribution in [0.1, 0.15) is 24.2 Å². The maximum absolute atomic E-state index is 11.3. The van der Waals surface area contributed by atoms with Gasteiger partial charge in [0, 0.05) is 6.20 Å². The van der Waals surface area contributed by atoms with Gasteiger partial charge in [-0.15, -0.1) is 0 Å². The van der Waals surface area contributed by atoms with E-state index >= 15 is 0 Å². The molecule has 1 rings (SSSR count). The molecule has 15 heavy (non-hydrogen) atoms. The summed E-state index contributed by atoms with van der Waals surface area (Å²) in [6.45, 7) is 4.37. The molecular weight excluding hydrogens is 218 g/mol. The summed E-state index contributed by atoms with van der Waals surface area (Å²) in [4.78, 5) is 15.2. The molecule has 1 heterocycles. The number of hydrogen-bond donors (Lipinski definition) is 0. The number of hydrogen-bond acceptors (Lipinski definition) is 4. The average molecular weight is 230 g/mol. The Kier molecular flexibility index (Phi) is 4.37. The van der Waals surface area contributed by atoms with E-state index in [4.69, 9.17) is 21.1 Å². The third-order valence-corrected chi connectivity index (χ3v) is 1.87. The highest BCUT2D eigenvalue weighted by molar-refractivity contribution is 6.32. The molecule has 82 valence electrons. The van der Waals surface area contributed by atoms with Crippen molar-refractivity contribution in [3.8, 4) is 5.88 Å².